The van der Waals surface area contributed by atoms with Crippen LogP contribution in [-0.4, -0.2) is 55.7 Å². The summed E-state index contributed by atoms with van der Waals surface area (Å²) in [5, 5.41) is 9.26. The molecule has 1 aromatic carbocycles. The monoisotopic (exact) mass is 278 g/mol. The molecular weight excluding hydrogens is 252 g/mol. The number of hydrogen-bond acceptors (Lipinski definition) is 4. The van der Waals surface area contributed by atoms with Crippen LogP contribution in [0.1, 0.15) is 17.5 Å². The van der Waals surface area contributed by atoms with Crippen molar-refractivity contribution in [1.29, 1.82) is 0 Å². The summed E-state index contributed by atoms with van der Waals surface area (Å²) >= 11 is 0. The first-order valence-electron chi connectivity index (χ1n) is 7.26. The van der Waals surface area contributed by atoms with Gasteiger partial charge in [-0.2, -0.15) is 0 Å². The highest BCUT2D eigenvalue weighted by Gasteiger charge is 2.21. The Bertz CT molecular complexity index is 436. The zero-order valence-corrected chi connectivity index (χ0v) is 12.8. The second kappa shape index (κ2) is 7.07. The van der Waals surface area contributed by atoms with E-state index in [-0.39, 0.29) is 6.61 Å². The van der Waals surface area contributed by atoms with Crippen LogP contribution in [0.4, 0.5) is 0 Å². The smallest absolute Gasteiger partial charge is 0.123 e. The van der Waals surface area contributed by atoms with Crippen molar-refractivity contribution >= 4 is 0 Å². The minimum absolute atomic E-state index is 0.0775. The first-order chi connectivity index (χ1) is 9.62. The molecular formula is C16H26N2O2. The van der Waals surface area contributed by atoms with Crippen molar-refractivity contribution < 1.29 is 9.84 Å². The summed E-state index contributed by atoms with van der Waals surface area (Å²) < 4.78 is 5.42. The van der Waals surface area contributed by atoms with E-state index >= 15 is 0 Å². The van der Waals surface area contributed by atoms with Gasteiger partial charge in [0.25, 0.3) is 0 Å². The van der Waals surface area contributed by atoms with Crippen LogP contribution in [0.5, 0.6) is 5.75 Å². The molecule has 0 saturated carbocycles. The molecule has 1 aliphatic heterocycles. The maximum absolute atomic E-state index is 9.26. The van der Waals surface area contributed by atoms with Gasteiger partial charge < -0.3 is 19.6 Å². The zero-order chi connectivity index (χ0) is 14.5. The minimum atomic E-state index is 0.0775. The van der Waals surface area contributed by atoms with Gasteiger partial charge in [0.1, 0.15) is 5.75 Å². The van der Waals surface area contributed by atoms with Crippen LogP contribution < -0.4 is 4.74 Å². The molecule has 112 valence electrons. The van der Waals surface area contributed by atoms with Crippen LogP contribution in [0.15, 0.2) is 18.2 Å². The molecule has 0 aliphatic carbocycles. The Morgan fingerprint density at radius 3 is 2.85 bits per heavy atom. The van der Waals surface area contributed by atoms with Crippen LogP contribution in [-0.2, 0) is 13.2 Å². The number of benzene rings is 1. The second-order valence-electron chi connectivity index (χ2n) is 5.92. The summed E-state index contributed by atoms with van der Waals surface area (Å²) in [5.41, 5.74) is 2.09. The normalized spacial score (nSPS) is 19.8. The lowest BCUT2D eigenvalue weighted by Gasteiger charge is -2.22. The van der Waals surface area contributed by atoms with Crippen molar-refractivity contribution in [2.24, 2.45) is 5.92 Å². The predicted octanol–water partition coefficient (Wildman–Crippen LogP) is 1.57. The van der Waals surface area contributed by atoms with Crippen LogP contribution in [0.3, 0.4) is 0 Å². The van der Waals surface area contributed by atoms with Crippen molar-refractivity contribution in [1.82, 2.24) is 9.80 Å². The number of aliphatic hydroxyl groups is 1. The molecule has 1 aliphatic rings. The summed E-state index contributed by atoms with van der Waals surface area (Å²) in [6.07, 6.45) is 1.29. The molecule has 0 aromatic heterocycles. The van der Waals surface area contributed by atoms with E-state index in [0.29, 0.717) is 0 Å². The maximum Gasteiger partial charge on any atom is 0.123 e. The van der Waals surface area contributed by atoms with Crippen molar-refractivity contribution in [2.75, 3.05) is 40.8 Å². The summed E-state index contributed by atoms with van der Waals surface area (Å²) in [5.74, 6) is 1.66. The number of methoxy groups -OCH3 is 1. The number of aliphatic hydroxyl groups excluding tert-OH is 1. The molecule has 1 saturated heterocycles. The van der Waals surface area contributed by atoms with Crippen molar-refractivity contribution in [2.45, 2.75) is 19.6 Å². The van der Waals surface area contributed by atoms with E-state index in [4.69, 9.17) is 4.74 Å². The maximum atomic E-state index is 9.26. The molecule has 1 N–H and O–H groups in total. The highest BCUT2D eigenvalue weighted by Crippen LogP contribution is 2.23. The molecule has 1 fully saturated rings. The van der Waals surface area contributed by atoms with Crippen LogP contribution in [0.2, 0.25) is 0 Å². The van der Waals surface area contributed by atoms with Crippen LogP contribution in [0, 0.1) is 5.92 Å². The average Bonchev–Trinajstić information content (AvgIpc) is 2.83. The minimum Gasteiger partial charge on any atom is -0.496 e. The third-order valence-electron chi connectivity index (χ3n) is 4.03. The molecule has 0 bridgehead atoms. The van der Waals surface area contributed by atoms with Gasteiger partial charge in [-0.05, 0) is 50.7 Å². The Hall–Kier alpha value is -1.10. The summed E-state index contributed by atoms with van der Waals surface area (Å²) in [4.78, 5) is 4.74. The number of likely N-dealkylation sites (tertiary alicyclic amines) is 1. The number of nitrogens with zero attached hydrogens (tertiary/aromatic N) is 2. The summed E-state index contributed by atoms with van der Waals surface area (Å²) in [6.45, 7) is 4.45. The van der Waals surface area contributed by atoms with E-state index in [0.717, 1.165) is 35.9 Å². The zero-order valence-electron chi connectivity index (χ0n) is 12.8. The highest BCUT2D eigenvalue weighted by molar-refractivity contribution is 5.37. The van der Waals surface area contributed by atoms with Crippen molar-refractivity contribution in [3.05, 3.63) is 29.3 Å². The fourth-order valence-electron chi connectivity index (χ4n) is 3.03. The third kappa shape index (κ3) is 3.95. The predicted molar refractivity (Wildman–Crippen MR) is 80.9 cm³/mol. The van der Waals surface area contributed by atoms with E-state index in [1.54, 1.807) is 7.11 Å². The lowest BCUT2D eigenvalue weighted by atomic mass is 10.1. The molecule has 0 radical (unpaired) electrons. The number of hydrogen-bond donors (Lipinski definition) is 1. The molecule has 2 rings (SSSR count). The molecule has 1 atom stereocenters. The van der Waals surface area contributed by atoms with E-state index in [1.807, 2.05) is 18.2 Å². The fraction of sp³-hybridized carbons (Fsp3) is 0.625. The van der Waals surface area contributed by atoms with Gasteiger partial charge in [-0.25, -0.2) is 0 Å². The van der Waals surface area contributed by atoms with E-state index in [2.05, 4.69) is 23.9 Å². The van der Waals surface area contributed by atoms with Gasteiger partial charge in [0.05, 0.1) is 13.7 Å². The summed E-state index contributed by atoms with van der Waals surface area (Å²) in [7, 11) is 6.04. The number of ether oxygens (including phenoxy) is 1. The first kappa shape index (κ1) is 15.3. The first-order valence-corrected chi connectivity index (χ1v) is 7.26. The van der Waals surface area contributed by atoms with Crippen molar-refractivity contribution in [3.8, 4) is 5.75 Å². The Morgan fingerprint density at radius 2 is 2.25 bits per heavy atom. The van der Waals surface area contributed by atoms with E-state index in [9.17, 15) is 5.11 Å². The SMILES string of the molecule is COc1ccc(CO)cc1CN(C)CC1CCN(C)C1. The van der Waals surface area contributed by atoms with Gasteiger partial charge in [-0.15, -0.1) is 0 Å². The highest BCUT2D eigenvalue weighted by atomic mass is 16.5. The Labute approximate surface area is 122 Å². The van der Waals surface area contributed by atoms with Gasteiger partial charge in [0.2, 0.25) is 0 Å². The molecule has 4 heteroatoms. The fourth-order valence-corrected chi connectivity index (χ4v) is 3.03. The average molecular weight is 278 g/mol. The van der Waals surface area contributed by atoms with Gasteiger partial charge >= 0.3 is 0 Å². The van der Waals surface area contributed by atoms with Gasteiger partial charge in [-0.1, -0.05) is 6.07 Å². The molecule has 1 unspecified atom stereocenters. The molecule has 1 heterocycles. The third-order valence-corrected chi connectivity index (χ3v) is 4.03. The lowest BCUT2D eigenvalue weighted by molar-refractivity contribution is 0.262. The largest absolute Gasteiger partial charge is 0.496 e. The van der Waals surface area contributed by atoms with Crippen molar-refractivity contribution in [3.63, 3.8) is 0 Å². The van der Waals surface area contributed by atoms with E-state index < -0.39 is 0 Å². The molecule has 0 amide bonds. The molecule has 20 heavy (non-hydrogen) atoms. The Morgan fingerprint density at radius 1 is 1.45 bits per heavy atom. The standard InChI is InChI=1S/C16H26N2O2/c1-17-7-6-14(9-17)10-18(2)11-15-8-13(12-19)4-5-16(15)20-3/h4-5,8,14,19H,6-7,9-12H2,1-3H3. The topological polar surface area (TPSA) is 35.9 Å². The van der Waals surface area contributed by atoms with Crippen LogP contribution >= 0.6 is 0 Å². The second-order valence-corrected chi connectivity index (χ2v) is 5.92. The van der Waals surface area contributed by atoms with E-state index in [1.165, 1.54) is 19.5 Å². The Kier molecular flexibility index (Phi) is 5.40. The van der Waals surface area contributed by atoms with Gasteiger partial charge in [0, 0.05) is 25.2 Å². The Balaban J connectivity index is 1.97. The summed E-state index contributed by atoms with van der Waals surface area (Å²) in [6, 6.07) is 5.89. The quantitative estimate of drug-likeness (QED) is 0.857. The molecule has 4 nitrogen and oxygen atoms in total. The van der Waals surface area contributed by atoms with Gasteiger partial charge in [0.15, 0.2) is 0 Å². The lowest BCUT2D eigenvalue weighted by Crippen LogP contribution is -2.27. The van der Waals surface area contributed by atoms with Crippen LogP contribution in [0.25, 0.3) is 0 Å². The molecule has 0 spiro atoms. The number of rotatable bonds is 6. The van der Waals surface area contributed by atoms with Gasteiger partial charge in [-0.3, -0.25) is 0 Å². The molecule has 1 aromatic rings.